The number of hydrogen-bond acceptors (Lipinski definition) is 3. The third-order valence-corrected chi connectivity index (χ3v) is 2.15. The normalized spacial score (nSPS) is 8.56. The molecule has 18 heavy (non-hydrogen) atoms. The molecule has 0 unspecified atom stereocenters. The molecule has 0 amide bonds. The quantitative estimate of drug-likeness (QED) is 0.788. The molecule has 0 fully saturated rings. The van der Waals surface area contributed by atoms with Crippen LogP contribution in [0.5, 0.6) is 17.2 Å². The number of halogens is 1. The minimum atomic E-state index is 0. The van der Waals surface area contributed by atoms with Gasteiger partial charge in [-0.25, -0.2) is 0 Å². The zero-order valence-corrected chi connectivity index (χ0v) is 10.1. The van der Waals surface area contributed by atoms with Crippen molar-refractivity contribution in [1.82, 2.24) is 0 Å². The standard InChI is InChI=1S/C7H8O2.C6H5ClO.Na.H/c1-9-7-4-2-6(8)3-5-7;7-5-1-3-6(8)4-2-5;;/h2-5,8H,1H3;1-4,8H;;. The second-order valence-electron chi connectivity index (χ2n) is 3.17. The van der Waals surface area contributed by atoms with Crippen molar-refractivity contribution < 1.29 is 14.9 Å². The zero-order valence-electron chi connectivity index (χ0n) is 9.30. The van der Waals surface area contributed by atoms with Crippen LogP contribution in [0.25, 0.3) is 0 Å². The fourth-order valence-electron chi connectivity index (χ4n) is 1.02. The van der Waals surface area contributed by atoms with Crippen molar-refractivity contribution in [3.63, 3.8) is 0 Å². The Balaban J connectivity index is 0.000000306. The van der Waals surface area contributed by atoms with E-state index >= 15 is 0 Å². The summed E-state index contributed by atoms with van der Waals surface area (Å²) in [5.41, 5.74) is 0. The summed E-state index contributed by atoms with van der Waals surface area (Å²) in [7, 11) is 1.59. The van der Waals surface area contributed by atoms with E-state index in [-0.39, 0.29) is 41.1 Å². The number of rotatable bonds is 1. The summed E-state index contributed by atoms with van der Waals surface area (Å²) in [6.07, 6.45) is 0. The topological polar surface area (TPSA) is 49.7 Å². The van der Waals surface area contributed by atoms with Crippen molar-refractivity contribution in [2.45, 2.75) is 0 Å². The molecular weight excluding hydrogens is 263 g/mol. The number of hydrogen-bond donors (Lipinski definition) is 2. The molecule has 0 aliphatic carbocycles. The van der Waals surface area contributed by atoms with Crippen molar-refractivity contribution in [2.75, 3.05) is 7.11 Å². The van der Waals surface area contributed by atoms with Crippen LogP contribution in [0.1, 0.15) is 0 Å². The molecule has 2 aromatic carbocycles. The summed E-state index contributed by atoms with van der Waals surface area (Å²) in [6.45, 7) is 0. The first-order valence-corrected chi connectivity index (χ1v) is 5.27. The van der Waals surface area contributed by atoms with Gasteiger partial charge in [-0.05, 0) is 48.5 Å². The Kier molecular flexibility index (Phi) is 8.67. The summed E-state index contributed by atoms with van der Waals surface area (Å²) in [5, 5.41) is 18.1. The Morgan fingerprint density at radius 2 is 1.22 bits per heavy atom. The van der Waals surface area contributed by atoms with Crippen LogP contribution in [0, 0.1) is 0 Å². The van der Waals surface area contributed by atoms with Gasteiger partial charge < -0.3 is 14.9 Å². The van der Waals surface area contributed by atoms with Gasteiger partial charge in [0.15, 0.2) is 0 Å². The second kappa shape index (κ2) is 9.11. The molecule has 3 nitrogen and oxygen atoms in total. The van der Waals surface area contributed by atoms with Crippen LogP contribution in [0.3, 0.4) is 0 Å². The summed E-state index contributed by atoms with van der Waals surface area (Å²) in [4.78, 5) is 0. The van der Waals surface area contributed by atoms with E-state index in [2.05, 4.69) is 0 Å². The first kappa shape index (κ1) is 17.1. The van der Waals surface area contributed by atoms with Crippen LogP contribution >= 0.6 is 11.6 Å². The Morgan fingerprint density at radius 3 is 1.56 bits per heavy atom. The van der Waals surface area contributed by atoms with Gasteiger partial charge in [0, 0.05) is 5.02 Å². The monoisotopic (exact) mass is 276 g/mol. The predicted molar refractivity (Wildman–Crippen MR) is 74.9 cm³/mol. The molecule has 0 radical (unpaired) electrons. The molecule has 92 valence electrons. The Labute approximate surface area is 133 Å². The molecule has 0 saturated heterocycles. The molecule has 0 saturated carbocycles. The van der Waals surface area contributed by atoms with Crippen LogP contribution in [-0.2, 0) is 0 Å². The molecule has 0 spiro atoms. The molecule has 0 atom stereocenters. The van der Waals surface area contributed by atoms with Crippen molar-refractivity contribution in [2.24, 2.45) is 0 Å². The predicted octanol–water partition coefficient (Wildman–Crippen LogP) is 2.80. The molecule has 0 aromatic heterocycles. The molecule has 0 aliphatic rings. The van der Waals surface area contributed by atoms with Gasteiger partial charge in [0.1, 0.15) is 17.2 Å². The van der Waals surface area contributed by atoms with Gasteiger partial charge in [-0.3, -0.25) is 0 Å². The molecule has 2 N–H and O–H groups in total. The van der Waals surface area contributed by atoms with Gasteiger partial charge >= 0.3 is 29.6 Å². The van der Waals surface area contributed by atoms with E-state index in [0.29, 0.717) is 5.02 Å². The van der Waals surface area contributed by atoms with E-state index in [1.165, 1.54) is 0 Å². The molecule has 0 aliphatic heterocycles. The van der Waals surface area contributed by atoms with Crippen LogP contribution in [0.4, 0.5) is 0 Å². The summed E-state index contributed by atoms with van der Waals surface area (Å²) < 4.78 is 4.86. The summed E-state index contributed by atoms with van der Waals surface area (Å²) in [6, 6.07) is 12.9. The van der Waals surface area contributed by atoms with E-state index in [0.717, 1.165) is 5.75 Å². The van der Waals surface area contributed by atoms with E-state index < -0.39 is 0 Å². The first-order chi connectivity index (χ1) is 8.11. The van der Waals surface area contributed by atoms with Gasteiger partial charge in [-0.1, -0.05) is 11.6 Å². The number of ether oxygens (including phenoxy) is 1. The molecule has 2 rings (SSSR count). The van der Waals surface area contributed by atoms with Crippen molar-refractivity contribution in [3.05, 3.63) is 53.6 Å². The minimum absolute atomic E-state index is 0. The van der Waals surface area contributed by atoms with Crippen LogP contribution in [0.2, 0.25) is 5.02 Å². The summed E-state index contributed by atoms with van der Waals surface area (Å²) in [5.74, 6) is 1.26. The van der Waals surface area contributed by atoms with E-state index in [4.69, 9.17) is 26.6 Å². The number of benzene rings is 2. The Morgan fingerprint density at radius 1 is 0.833 bits per heavy atom. The van der Waals surface area contributed by atoms with Crippen LogP contribution in [-0.4, -0.2) is 46.9 Å². The molecule has 2 aromatic rings. The van der Waals surface area contributed by atoms with Gasteiger partial charge in [0.05, 0.1) is 7.11 Å². The van der Waals surface area contributed by atoms with E-state index in [1.807, 2.05) is 0 Å². The maximum atomic E-state index is 8.80. The van der Waals surface area contributed by atoms with Crippen LogP contribution in [0.15, 0.2) is 48.5 Å². The Bertz CT molecular complexity index is 422. The second-order valence-corrected chi connectivity index (χ2v) is 3.61. The maximum absolute atomic E-state index is 8.80. The number of aromatic hydroxyl groups is 2. The first-order valence-electron chi connectivity index (χ1n) is 4.89. The SMILES string of the molecule is COc1ccc(O)cc1.Oc1ccc(Cl)cc1.[NaH]. The van der Waals surface area contributed by atoms with Crippen molar-refractivity contribution in [3.8, 4) is 17.2 Å². The molecular formula is C13H14ClNaO3. The van der Waals surface area contributed by atoms with Gasteiger partial charge in [-0.2, -0.15) is 0 Å². The number of methoxy groups -OCH3 is 1. The zero-order chi connectivity index (χ0) is 12.7. The van der Waals surface area contributed by atoms with Gasteiger partial charge in [0.2, 0.25) is 0 Å². The molecule has 5 heteroatoms. The third-order valence-electron chi connectivity index (χ3n) is 1.90. The average molecular weight is 277 g/mol. The third kappa shape index (κ3) is 6.77. The number of phenols is 2. The average Bonchev–Trinajstić information content (AvgIpc) is 2.35. The van der Waals surface area contributed by atoms with Gasteiger partial charge in [0.25, 0.3) is 0 Å². The van der Waals surface area contributed by atoms with Crippen molar-refractivity contribution >= 4 is 41.2 Å². The van der Waals surface area contributed by atoms with Crippen LogP contribution < -0.4 is 4.74 Å². The van der Waals surface area contributed by atoms with Gasteiger partial charge in [-0.15, -0.1) is 0 Å². The van der Waals surface area contributed by atoms with E-state index in [1.54, 1.807) is 55.6 Å². The fourth-order valence-corrected chi connectivity index (χ4v) is 1.15. The van der Waals surface area contributed by atoms with E-state index in [9.17, 15) is 0 Å². The molecule has 0 bridgehead atoms. The molecule has 0 heterocycles. The number of phenolic OH excluding ortho intramolecular Hbond substituents is 2. The van der Waals surface area contributed by atoms with Crippen molar-refractivity contribution in [1.29, 1.82) is 0 Å². The Hall–Kier alpha value is -0.870. The summed E-state index contributed by atoms with van der Waals surface area (Å²) >= 11 is 5.50. The fraction of sp³-hybridized carbons (Fsp3) is 0.0769.